The molecule has 20 heavy (non-hydrogen) atoms. The van der Waals surface area contributed by atoms with Gasteiger partial charge in [0.15, 0.2) is 0 Å². The second kappa shape index (κ2) is 8.77. The zero-order valence-corrected chi connectivity index (χ0v) is 13.7. The van der Waals surface area contributed by atoms with Gasteiger partial charge in [0.2, 0.25) is 0 Å². The van der Waals surface area contributed by atoms with Crippen LogP contribution >= 0.6 is 0 Å². The molecular formula is C16H30N4. The predicted octanol–water partition coefficient (Wildman–Crippen LogP) is 4.10. The molecule has 4 nitrogen and oxygen atoms in total. The van der Waals surface area contributed by atoms with Crippen molar-refractivity contribution in [2.24, 2.45) is 5.92 Å². The number of nitrogens with zero attached hydrogens (tertiary/aromatic N) is 2. The third-order valence-corrected chi connectivity index (χ3v) is 3.78. The normalized spacial score (nSPS) is 12.5. The Balaban J connectivity index is 2.82. The average molecular weight is 278 g/mol. The summed E-state index contributed by atoms with van der Waals surface area (Å²) in [5.74, 6) is 3.44. The van der Waals surface area contributed by atoms with Gasteiger partial charge in [0.05, 0.1) is 0 Å². The molecule has 1 rings (SSSR count). The van der Waals surface area contributed by atoms with Crippen molar-refractivity contribution in [2.45, 2.75) is 66.3 Å². The van der Waals surface area contributed by atoms with Gasteiger partial charge in [-0.25, -0.2) is 9.97 Å². The number of aromatic nitrogens is 2. The Morgan fingerprint density at radius 3 is 2.25 bits per heavy atom. The number of rotatable bonds is 9. The third kappa shape index (κ3) is 4.99. The molecule has 2 N–H and O–H groups in total. The highest BCUT2D eigenvalue weighted by molar-refractivity contribution is 5.48. The third-order valence-electron chi connectivity index (χ3n) is 3.78. The van der Waals surface area contributed by atoms with Crippen LogP contribution in [0.25, 0.3) is 0 Å². The van der Waals surface area contributed by atoms with Crippen LogP contribution in [0.3, 0.4) is 0 Å². The Morgan fingerprint density at radius 2 is 1.70 bits per heavy atom. The molecule has 1 heterocycles. The van der Waals surface area contributed by atoms with Crippen molar-refractivity contribution in [3.8, 4) is 0 Å². The summed E-state index contributed by atoms with van der Waals surface area (Å²) in [4.78, 5) is 9.11. The van der Waals surface area contributed by atoms with Crippen LogP contribution in [-0.4, -0.2) is 22.6 Å². The highest BCUT2D eigenvalue weighted by atomic mass is 15.1. The van der Waals surface area contributed by atoms with Gasteiger partial charge in [0, 0.05) is 25.1 Å². The van der Waals surface area contributed by atoms with Gasteiger partial charge in [0.1, 0.15) is 17.5 Å². The fourth-order valence-corrected chi connectivity index (χ4v) is 2.42. The quantitative estimate of drug-likeness (QED) is 0.714. The smallest absolute Gasteiger partial charge is 0.132 e. The minimum Gasteiger partial charge on any atom is -0.370 e. The van der Waals surface area contributed by atoms with Crippen LogP contribution in [-0.2, 0) is 6.42 Å². The second-order valence-corrected chi connectivity index (χ2v) is 5.34. The van der Waals surface area contributed by atoms with Crippen molar-refractivity contribution in [2.75, 3.05) is 17.2 Å². The van der Waals surface area contributed by atoms with Crippen molar-refractivity contribution in [1.82, 2.24) is 9.97 Å². The molecule has 0 radical (unpaired) electrons. The van der Waals surface area contributed by atoms with Gasteiger partial charge in [-0.15, -0.1) is 0 Å². The maximum absolute atomic E-state index is 4.59. The first-order valence-electron chi connectivity index (χ1n) is 8.02. The van der Waals surface area contributed by atoms with Crippen molar-refractivity contribution in [1.29, 1.82) is 0 Å². The van der Waals surface area contributed by atoms with Crippen LogP contribution in [0.2, 0.25) is 0 Å². The first-order valence-corrected chi connectivity index (χ1v) is 8.02. The van der Waals surface area contributed by atoms with Crippen LogP contribution in [0, 0.1) is 5.92 Å². The first kappa shape index (κ1) is 16.7. The van der Waals surface area contributed by atoms with Crippen LogP contribution < -0.4 is 10.6 Å². The SMILES string of the molecule is CCCNc1cc(NC(C)C(CC)CC)nc(CC)n1. The Hall–Kier alpha value is -1.32. The Bertz CT molecular complexity index is 388. The van der Waals surface area contributed by atoms with Gasteiger partial charge in [-0.3, -0.25) is 0 Å². The molecule has 1 aromatic rings. The maximum Gasteiger partial charge on any atom is 0.132 e. The van der Waals surface area contributed by atoms with Gasteiger partial charge in [-0.2, -0.15) is 0 Å². The highest BCUT2D eigenvalue weighted by Crippen LogP contribution is 2.19. The Labute approximate surface area is 123 Å². The van der Waals surface area contributed by atoms with Crippen LogP contribution in [0.1, 0.15) is 59.7 Å². The molecule has 114 valence electrons. The van der Waals surface area contributed by atoms with E-state index in [9.17, 15) is 0 Å². The summed E-state index contributed by atoms with van der Waals surface area (Å²) in [7, 11) is 0. The molecule has 0 bridgehead atoms. The zero-order chi connectivity index (χ0) is 15.0. The van der Waals surface area contributed by atoms with Gasteiger partial charge in [0.25, 0.3) is 0 Å². The molecule has 0 aromatic carbocycles. The largest absolute Gasteiger partial charge is 0.370 e. The van der Waals surface area contributed by atoms with E-state index in [1.165, 1.54) is 12.8 Å². The molecular weight excluding hydrogens is 248 g/mol. The Kier molecular flexibility index (Phi) is 7.34. The predicted molar refractivity (Wildman–Crippen MR) is 87.3 cm³/mol. The van der Waals surface area contributed by atoms with Crippen LogP contribution in [0.5, 0.6) is 0 Å². The van der Waals surface area contributed by atoms with E-state index in [0.29, 0.717) is 12.0 Å². The number of aryl methyl sites for hydroxylation is 1. The molecule has 1 unspecified atom stereocenters. The fourth-order valence-electron chi connectivity index (χ4n) is 2.42. The molecule has 4 heteroatoms. The maximum atomic E-state index is 4.59. The van der Waals surface area contributed by atoms with E-state index in [-0.39, 0.29) is 0 Å². The number of hydrogen-bond donors (Lipinski definition) is 2. The standard InChI is InChI=1S/C16H30N4/c1-6-10-17-15-11-16(20-14(9-4)19-15)18-12(5)13(7-2)8-3/h11-13H,6-10H2,1-5H3,(H2,17,18,19,20). The van der Waals surface area contributed by atoms with Crippen LogP contribution in [0.4, 0.5) is 11.6 Å². The fraction of sp³-hybridized carbons (Fsp3) is 0.750. The summed E-state index contributed by atoms with van der Waals surface area (Å²) in [6, 6.07) is 2.46. The lowest BCUT2D eigenvalue weighted by Gasteiger charge is -2.23. The molecule has 0 aliphatic carbocycles. The summed E-state index contributed by atoms with van der Waals surface area (Å²) in [6.07, 6.45) is 4.34. The summed E-state index contributed by atoms with van der Waals surface area (Å²) < 4.78 is 0. The van der Waals surface area contributed by atoms with Gasteiger partial charge < -0.3 is 10.6 Å². The molecule has 0 aliphatic rings. The molecule has 0 saturated carbocycles. The lowest BCUT2D eigenvalue weighted by atomic mass is 9.95. The van der Waals surface area contributed by atoms with E-state index in [1.807, 2.05) is 6.07 Å². The van der Waals surface area contributed by atoms with Gasteiger partial charge >= 0.3 is 0 Å². The van der Waals surface area contributed by atoms with Crippen LogP contribution in [0.15, 0.2) is 6.07 Å². The minimum atomic E-state index is 0.434. The van der Waals surface area contributed by atoms with Crippen molar-refractivity contribution < 1.29 is 0 Å². The second-order valence-electron chi connectivity index (χ2n) is 5.34. The van der Waals surface area contributed by atoms with Crippen molar-refractivity contribution in [3.63, 3.8) is 0 Å². The van der Waals surface area contributed by atoms with E-state index in [1.54, 1.807) is 0 Å². The number of anilines is 2. The van der Waals surface area contributed by atoms with Crippen molar-refractivity contribution >= 4 is 11.6 Å². The number of nitrogens with one attached hydrogen (secondary N) is 2. The lowest BCUT2D eigenvalue weighted by Crippen LogP contribution is -2.26. The Morgan fingerprint density at radius 1 is 1.05 bits per heavy atom. The molecule has 1 aromatic heterocycles. The van der Waals surface area contributed by atoms with E-state index < -0.39 is 0 Å². The number of hydrogen-bond acceptors (Lipinski definition) is 4. The topological polar surface area (TPSA) is 49.8 Å². The summed E-state index contributed by atoms with van der Waals surface area (Å²) >= 11 is 0. The molecule has 0 aliphatic heterocycles. The molecule has 0 amide bonds. The summed E-state index contributed by atoms with van der Waals surface area (Å²) in [5, 5.41) is 6.89. The molecule has 1 atom stereocenters. The minimum absolute atomic E-state index is 0.434. The molecule has 0 saturated heterocycles. The summed E-state index contributed by atoms with van der Waals surface area (Å²) in [5.41, 5.74) is 0. The van der Waals surface area contributed by atoms with Gasteiger partial charge in [-0.1, -0.05) is 40.5 Å². The average Bonchev–Trinajstić information content (AvgIpc) is 2.46. The first-order chi connectivity index (χ1) is 9.64. The van der Waals surface area contributed by atoms with E-state index >= 15 is 0 Å². The lowest BCUT2D eigenvalue weighted by molar-refractivity contribution is 0.437. The molecule has 0 spiro atoms. The van der Waals surface area contributed by atoms with E-state index in [4.69, 9.17) is 0 Å². The van der Waals surface area contributed by atoms with E-state index in [0.717, 1.165) is 36.8 Å². The summed E-state index contributed by atoms with van der Waals surface area (Å²) in [6.45, 7) is 11.9. The monoisotopic (exact) mass is 278 g/mol. The van der Waals surface area contributed by atoms with E-state index in [2.05, 4.69) is 55.2 Å². The van der Waals surface area contributed by atoms with Gasteiger partial charge in [-0.05, 0) is 19.3 Å². The highest BCUT2D eigenvalue weighted by Gasteiger charge is 2.14. The van der Waals surface area contributed by atoms with Crippen molar-refractivity contribution in [3.05, 3.63) is 11.9 Å². The zero-order valence-electron chi connectivity index (χ0n) is 13.7. The molecule has 0 fully saturated rings.